The zero-order valence-corrected chi connectivity index (χ0v) is 14.1. The lowest BCUT2D eigenvalue weighted by Crippen LogP contribution is -2.57. The maximum atomic E-state index is 12.8. The molecular formula is C15H25N7O2. The third-order valence-corrected chi connectivity index (χ3v) is 4.92. The molecule has 0 bridgehead atoms. The number of carbonyl (C=O) groups is 2. The number of carbonyl (C=O) groups excluding carboxylic acids is 2. The van der Waals surface area contributed by atoms with Crippen molar-refractivity contribution in [2.45, 2.75) is 57.2 Å². The highest BCUT2D eigenvalue weighted by atomic mass is 16.2. The van der Waals surface area contributed by atoms with Gasteiger partial charge in [-0.2, -0.15) is 0 Å². The van der Waals surface area contributed by atoms with Crippen LogP contribution in [0.1, 0.15) is 39.0 Å². The average Bonchev–Trinajstić information content (AvgIpc) is 3.19. The summed E-state index contributed by atoms with van der Waals surface area (Å²) in [4.78, 5) is 27.2. The molecule has 3 rings (SSSR count). The quantitative estimate of drug-likeness (QED) is 0.713. The van der Waals surface area contributed by atoms with Gasteiger partial charge in [-0.15, -0.1) is 5.10 Å². The molecule has 2 atom stereocenters. The number of hydrogen-bond acceptors (Lipinski definition) is 6. The molecule has 0 saturated carbocycles. The molecule has 3 heterocycles. The van der Waals surface area contributed by atoms with E-state index in [0.717, 1.165) is 38.8 Å². The van der Waals surface area contributed by atoms with E-state index in [2.05, 4.69) is 31.1 Å². The van der Waals surface area contributed by atoms with Crippen molar-refractivity contribution >= 4 is 11.8 Å². The molecule has 2 amide bonds. The fourth-order valence-corrected chi connectivity index (χ4v) is 3.85. The van der Waals surface area contributed by atoms with Crippen molar-refractivity contribution in [1.29, 1.82) is 0 Å². The van der Waals surface area contributed by atoms with Gasteiger partial charge < -0.3 is 10.6 Å². The van der Waals surface area contributed by atoms with Crippen molar-refractivity contribution in [3.05, 3.63) is 6.33 Å². The van der Waals surface area contributed by atoms with Crippen LogP contribution in [0.2, 0.25) is 0 Å². The number of nitrogens with one attached hydrogen (secondary N) is 2. The molecule has 0 aliphatic carbocycles. The van der Waals surface area contributed by atoms with Crippen LogP contribution < -0.4 is 10.6 Å². The van der Waals surface area contributed by atoms with Crippen molar-refractivity contribution in [2.24, 2.45) is 0 Å². The molecule has 0 spiro atoms. The molecule has 0 aromatic carbocycles. The summed E-state index contributed by atoms with van der Waals surface area (Å²) in [5, 5.41) is 16.8. The lowest BCUT2D eigenvalue weighted by atomic mass is 9.84. The van der Waals surface area contributed by atoms with Crippen LogP contribution in [0.5, 0.6) is 0 Å². The van der Waals surface area contributed by atoms with Crippen molar-refractivity contribution in [2.75, 3.05) is 19.6 Å². The Morgan fingerprint density at radius 3 is 3.00 bits per heavy atom. The molecule has 1 aromatic heterocycles. The Morgan fingerprint density at radius 1 is 1.38 bits per heavy atom. The first-order chi connectivity index (χ1) is 11.6. The van der Waals surface area contributed by atoms with E-state index in [4.69, 9.17) is 0 Å². The van der Waals surface area contributed by atoms with E-state index in [1.807, 2.05) is 6.92 Å². The Hall–Kier alpha value is -2.03. The maximum absolute atomic E-state index is 12.8. The Balaban J connectivity index is 1.63. The molecule has 2 saturated heterocycles. The van der Waals surface area contributed by atoms with Crippen LogP contribution >= 0.6 is 0 Å². The van der Waals surface area contributed by atoms with Gasteiger partial charge >= 0.3 is 0 Å². The first-order valence-corrected chi connectivity index (χ1v) is 8.67. The first-order valence-electron chi connectivity index (χ1n) is 8.67. The van der Waals surface area contributed by atoms with E-state index in [0.29, 0.717) is 13.0 Å². The molecular weight excluding hydrogens is 310 g/mol. The van der Waals surface area contributed by atoms with Crippen LogP contribution in [0.25, 0.3) is 0 Å². The van der Waals surface area contributed by atoms with E-state index in [-0.39, 0.29) is 24.4 Å². The minimum atomic E-state index is -0.458. The number of amides is 2. The lowest BCUT2D eigenvalue weighted by Gasteiger charge is -2.40. The van der Waals surface area contributed by atoms with Gasteiger partial charge in [-0.3, -0.25) is 14.5 Å². The standard InChI is InChI=1S/C15H25N7O2/c1-2-6-16-14(24)15-5-3-4-7-21(15)9-12(8-15)18-13(23)10-22-11-17-19-20-22/h11-12H,2-10H2,1H3,(H,16,24)(H,18,23)/t12-,15-/m0/s1. The number of rotatable bonds is 6. The van der Waals surface area contributed by atoms with Gasteiger partial charge in [-0.25, -0.2) is 4.68 Å². The van der Waals surface area contributed by atoms with Gasteiger partial charge in [0.25, 0.3) is 0 Å². The highest BCUT2D eigenvalue weighted by molar-refractivity contribution is 5.87. The Morgan fingerprint density at radius 2 is 2.25 bits per heavy atom. The van der Waals surface area contributed by atoms with Crippen LogP contribution in [-0.4, -0.2) is 68.1 Å². The second-order valence-electron chi connectivity index (χ2n) is 6.67. The minimum Gasteiger partial charge on any atom is -0.355 e. The number of hydrogen-bond donors (Lipinski definition) is 2. The van der Waals surface area contributed by atoms with Gasteiger partial charge in [-0.05, 0) is 49.1 Å². The van der Waals surface area contributed by atoms with Crippen molar-refractivity contribution in [1.82, 2.24) is 35.7 Å². The second kappa shape index (κ2) is 7.25. The Labute approximate surface area is 141 Å². The average molecular weight is 335 g/mol. The van der Waals surface area contributed by atoms with Crippen LogP contribution in [-0.2, 0) is 16.1 Å². The number of tetrazole rings is 1. The van der Waals surface area contributed by atoms with Gasteiger partial charge in [0.15, 0.2) is 0 Å². The van der Waals surface area contributed by atoms with Gasteiger partial charge in [0.2, 0.25) is 11.8 Å². The third-order valence-electron chi connectivity index (χ3n) is 4.92. The summed E-state index contributed by atoms with van der Waals surface area (Å²) in [5.41, 5.74) is -0.458. The van der Waals surface area contributed by atoms with Gasteiger partial charge in [0.1, 0.15) is 18.4 Å². The fourth-order valence-electron chi connectivity index (χ4n) is 3.85. The number of aromatic nitrogens is 4. The molecule has 1 aromatic rings. The number of piperidine rings is 1. The highest BCUT2D eigenvalue weighted by Gasteiger charge is 2.51. The largest absolute Gasteiger partial charge is 0.355 e. The predicted octanol–water partition coefficient (Wildman–Crippen LogP) is -0.687. The third kappa shape index (κ3) is 3.40. The predicted molar refractivity (Wildman–Crippen MR) is 85.8 cm³/mol. The van der Waals surface area contributed by atoms with Crippen molar-refractivity contribution < 1.29 is 9.59 Å². The van der Waals surface area contributed by atoms with Crippen LogP contribution in [0.4, 0.5) is 0 Å². The molecule has 0 radical (unpaired) electrons. The molecule has 0 unspecified atom stereocenters. The maximum Gasteiger partial charge on any atom is 0.242 e. The number of nitrogens with zero attached hydrogens (tertiary/aromatic N) is 5. The molecule has 24 heavy (non-hydrogen) atoms. The summed E-state index contributed by atoms with van der Waals surface area (Å²) in [6.07, 6.45) is 6.03. The SMILES string of the molecule is CCCNC(=O)[C@@]12CCCCN1C[C@@H](NC(=O)Cn1cnnn1)C2. The van der Waals surface area contributed by atoms with Crippen molar-refractivity contribution in [3.8, 4) is 0 Å². The molecule has 2 N–H and O–H groups in total. The summed E-state index contributed by atoms with van der Waals surface area (Å²) < 4.78 is 1.39. The summed E-state index contributed by atoms with van der Waals surface area (Å²) in [7, 11) is 0. The molecule has 9 nitrogen and oxygen atoms in total. The fraction of sp³-hybridized carbons (Fsp3) is 0.800. The van der Waals surface area contributed by atoms with Crippen molar-refractivity contribution in [3.63, 3.8) is 0 Å². The Kier molecular flexibility index (Phi) is 5.08. The minimum absolute atomic E-state index is 0.0144. The van der Waals surface area contributed by atoms with E-state index in [1.54, 1.807) is 0 Å². The molecule has 9 heteroatoms. The first kappa shape index (κ1) is 16.8. The van der Waals surface area contributed by atoms with Crippen LogP contribution in [0, 0.1) is 0 Å². The van der Waals surface area contributed by atoms with E-state index < -0.39 is 5.54 Å². The zero-order valence-electron chi connectivity index (χ0n) is 14.1. The van der Waals surface area contributed by atoms with E-state index in [1.165, 1.54) is 11.0 Å². The summed E-state index contributed by atoms with van der Waals surface area (Å²) in [6.45, 7) is 4.48. The normalized spacial score (nSPS) is 26.8. The second-order valence-corrected chi connectivity index (χ2v) is 6.67. The van der Waals surface area contributed by atoms with Gasteiger partial charge in [0.05, 0.1) is 0 Å². The summed E-state index contributed by atoms with van der Waals surface area (Å²) in [6, 6.07) is -0.0144. The molecule has 132 valence electrons. The zero-order chi connectivity index (χ0) is 17.0. The highest BCUT2D eigenvalue weighted by Crippen LogP contribution is 2.38. The molecule has 2 aliphatic rings. The van der Waals surface area contributed by atoms with E-state index in [9.17, 15) is 9.59 Å². The van der Waals surface area contributed by atoms with E-state index >= 15 is 0 Å². The summed E-state index contributed by atoms with van der Waals surface area (Å²) in [5.74, 6) is -0.0162. The Bertz CT molecular complexity index is 576. The smallest absolute Gasteiger partial charge is 0.242 e. The van der Waals surface area contributed by atoms with Crippen LogP contribution in [0.15, 0.2) is 6.33 Å². The van der Waals surface area contributed by atoms with Crippen LogP contribution in [0.3, 0.4) is 0 Å². The monoisotopic (exact) mass is 335 g/mol. The topological polar surface area (TPSA) is 105 Å². The molecule has 2 aliphatic heterocycles. The lowest BCUT2D eigenvalue weighted by molar-refractivity contribution is -0.134. The summed E-state index contributed by atoms with van der Waals surface area (Å²) >= 11 is 0. The van der Waals surface area contributed by atoms with Gasteiger partial charge in [-0.1, -0.05) is 6.92 Å². The number of fused-ring (bicyclic) bond motifs is 1. The van der Waals surface area contributed by atoms with Gasteiger partial charge in [0, 0.05) is 19.1 Å². The molecule has 2 fully saturated rings.